The number of amides is 1. The predicted octanol–water partition coefficient (Wildman–Crippen LogP) is 1.19. The molecule has 1 aromatic carbocycles. The summed E-state index contributed by atoms with van der Waals surface area (Å²) in [6.07, 6.45) is 4.71. The third-order valence-corrected chi connectivity index (χ3v) is 2.51. The Hall–Kier alpha value is -2.42. The van der Waals surface area contributed by atoms with E-state index in [0.29, 0.717) is 6.07 Å². The van der Waals surface area contributed by atoms with E-state index in [1.165, 1.54) is 6.07 Å². The fraction of sp³-hybridized carbons (Fsp3) is 0.286. The average Bonchev–Trinajstić information content (AvgIpc) is 2.40. The van der Waals surface area contributed by atoms with Crippen molar-refractivity contribution < 1.29 is 23.1 Å². The number of hydrogen-bond acceptors (Lipinski definition) is 3. The Kier molecular flexibility index (Phi) is 5.66. The van der Waals surface area contributed by atoms with Gasteiger partial charge in [-0.1, -0.05) is 6.07 Å². The molecule has 0 radical (unpaired) electrons. The lowest BCUT2D eigenvalue weighted by Gasteiger charge is -2.14. The zero-order valence-corrected chi connectivity index (χ0v) is 10.8. The van der Waals surface area contributed by atoms with E-state index < -0.39 is 29.6 Å². The summed E-state index contributed by atoms with van der Waals surface area (Å²) in [7, 11) is 1.16. The number of ether oxygens (including phenoxy) is 1. The van der Waals surface area contributed by atoms with Crippen LogP contribution in [0.15, 0.2) is 18.2 Å². The smallest absolute Gasteiger partial charge is 0.329 e. The van der Waals surface area contributed by atoms with Crippen molar-refractivity contribution in [2.24, 2.45) is 0 Å². The highest BCUT2D eigenvalue weighted by Crippen LogP contribution is 2.10. The third kappa shape index (κ3) is 4.35. The number of nitrogens with one attached hydrogen (secondary N) is 1. The summed E-state index contributed by atoms with van der Waals surface area (Å²) in [6, 6.07) is 1.91. The number of rotatable bonds is 5. The number of benzene rings is 1. The number of esters is 1. The van der Waals surface area contributed by atoms with Crippen LogP contribution >= 0.6 is 0 Å². The zero-order chi connectivity index (χ0) is 15.1. The van der Waals surface area contributed by atoms with Crippen LogP contribution in [0.4, 0.5) is 8.78 Å². The first-order valence-corrected chi connectivity index (χ1v) is 5.72. The van der Waals surface area contributed by atoms with Gasteiger partial charge in [0.25, 0.3) is 0 Å². The van der Waals surface area contributed by atoms with Crippen molar-refractivity contribution in [2.45, 2.75) is 18.9 Å². The molecule has 0 heterocycles. The molecule has 0 aromatic heterocycles. The minimum atomic E-state index is -0.985. The molecule has 0 bridgehead atoms. The second kappa shape index (κ2) is 7.24. The minimum absolute atomic E-state index is 0.0215. The molecule has 20 heavy (non-hydrogen) atoms. The van der Waals surface area contributed by atoms with Crippen molar-refractivity contribution in [3.05, 3.63) is 35.4 Å². The molecule has 0 fully saturated rings. The Morgan fingerprint density at radius 2 is 2.15 bits per heavy atom. The van der Waals surface area contributed by atoms with E-state index in [1.54, 1.807) is 0 Å². The number of carbonyl (C=O) groups excluding carboxylic acids is 2. The Balaban J connectivity index is 2.70. The lowest BCUT2D eigenvalue weighted by Crippen LogP contribution is -2.42. The summed E-state index contributed by atoms with van der Waals surface area (Å²) in [5, 5.41) is 2.34. The fourth-order valence-electron chi connectivity index (χ4n) is 1.54. The molecule has 1 aromatic rings. The maximum atomic E-state index is 13.4. The van der Waals surface area contributed by atoms with Crippen molar-refractivity contribution in [1.29, 1.82) is 0 Å². The first-order valence-electron chi connectivity index (χ1n) is 5.72. The van der Waals surface area contributed by atoms with Gasteiger partial charge in [0.15, 0.2) is 0 Å². The highest BCUT2D eigenvalue weighted by Gasteiger charge is 2.21. The first-order chi connectivity index (χ1) is 9.47. The lowest BCUT2D eigenvalue weighted by atomic mass is 10.1. The van der Waals surface area contributed by atoms with Crippen LogP contribution in [0.2, 0.25) is 0 Å². The molecule has 1 amide bonds. The van der Waals surface area contributed by atoms with Crippen LogP contribution in [0.5, 0.6) is 0 Å². The maximum Gasteiger partial charge on any atom is 0.329 e. The van der Waals surface area contributed by atoms with Gasteiger partial charge < -0.3 is 10.1 Å². The molecule has 0 spiro atoms. The van der Waals surface area contributed by atoms with Gasteiger partial charge >= 0.3 is 5.97 Å². The van der Waals surface area contributed by atoms with Gasteiger partial charge in [-0.2, -0.15) is 0 Å². The summed E-state index contributed by atoms with van der Waals surface area (Å²) in [5.41, 5.74) is 0.0215. The summed E-state index contributed by atoms with van der Waals surface area (Å²) >= 11 is 0. The molecule has 0 aliphatic rings. The van der Waals surface area contributed by atoms with Gasteiger partial charge in [-0.05, 0) is 11.6 Å². The van der Waals surface area contributed by atoms with E-state index in [-0.39, 0.29) is 18.4 Å². The van der Waals surface area contributed by atoms with Crippen LogP contribution in [0.3, 0.4) is 0 Å². The molecule has 0 aliphatic heterocycles. The van der Waals surface area contributed by atoms with Gasteiger partial charge in [0.1, 0.15) is 17.7 Å². The molecule has 4 nitrogen and oxygen atoms in total. The third-order valence-electron chi connectivity index (χ3n) is 2.51. The molecule has 0 unspecified atom stereocenters. The number of terminal acetylenes is 1. The van der Waals surface area contributed by atoms with Crippen molar-refractivity contribution in [3.8, 4) is 12.3 Å². The molecule has 0 aliphatic carbocycles. The molecule has 106 valence electrons. The van der Waals surface area contributed by atoms with Crippen molar-refractivity contribution in [2.75, 3.05) is 7.11 Å². The standard InChI is InChI=1S/C14H13F2NO3/c1-3-4-12(14(19)20-2)17-13(18)7-9-5-6-10(15)8-11(9)16/h1,5-6,8,12H,4,7H2,2H3,(H,17,18)/t12-/m1/s1. The number of halogens is 2. The molecule has 1 atom stereocenters. The van der Waals surface area contributed by atoms with Crippen LogP contribution in [-0.2, 0) is 20.7 Å². The van der Waals surface area contributed by atoms with Crippen LogP contribution in [-0.4, -0.2) is 25.0 Å². The highest BCUT2D eigenvalue weighted by molar-refractivity contribution is 5.85. The van der Waals surface area contributed by atoms with Gasteiger partial charge in [-0.3, -0.25) is 4.79 Å². The van der Waals surface area contributed by atoms with Gasteiger partial charge in [-0.25, -0.2) is 13.6 Å². The normalized spacial score (nSPS) is 11.3. The minimum Gasteiger partial charge on any atom is -0.467 e. The Bertz CT molecular complexity index is 552. The number of hydrogen-bond donors (Lipinski definition) is 1. The first kappa shape index (κ1) is 15.6. The molecule has 6 heteroatoms. The molecule has 1 rings (SSSR count). The zero-order valence-electron chi connectivity index (χ0n) is 10.8. The predicted molar refractivity (Wildman–Crippen MR) is 67.5 cm³/mol. The van der Waals surface area contributed by atoms with E-state index in [9.17, 15) is 18.4 Å². The molecule has 0 saturated heterocycles. The van der Waals surface area contributed by atoms with Crippen LogP contribution in [0.1, 0.15) is 12.0 Å². The number of methoxy groups -OCH3 is 1. The van der Waals surface area contributed by atoms with Crippen LogP contribution in [0, 0.1) is 24.0 Å². The maximum absolute atomic E-state index is 13.4. The Morgan fingerprint density at radius 1 is 1.45 bits per heavy atom. The van der Waals surface area contributed by atoms with Gasteiger partial charge in [0.2, 0.25) is 5.91 Å². The summed E-state index contributed by atoms with van der Waals surface area (Å²) in [6.45, 7) is 0. The monoisotopic (exact) mass is 281 g/mol. The van der Waals surface area contributed by atoms with Crippen molar-refractivity contribution in [3.63, 3.8) is 0 Å². The summed E-state index contributed by atoms with van der Waals surface area (Å²) in [4.78, 5) is 23.1. The van der Waals surface area contributed by atoms with Gasteiger partial charge in [0.05, 0.1) is 13.5 Å². The fourth-order valence-corrected chi connectivity index (χ4v) is 1.54. The Labute approximate surface area is 115 Å². The topological polar surface area (TPSA) is 55.4 Å². The molecule has 1 N–H and O–H groups in total. The number of carbonyl (C=O) groups is 2. The van der Waals surface area contributed by atoms with Crippen LogP contribution < -0.4 is 5.32 Å². The van der Waals surface area contributed by atoms with Gasteiger partial charge in [0, 0.05) is 12.5 Å². The van der Waals surface area contributed by atoms with Crippen LogP contribution in [0.25, 0.3) is 0 Å². The second-order valence-corrected chi connectivity index (χ2v) is 3.96. The van der Waals surface area contributed by atoms with E-state index in [2.05, 4.69) is 16.0 Å². The van der Waals surface area contributed by atoms with Gasteiger partial charge in [-0.15, -0.1) is 12.3 Å². The molecular weight excluding hydrogens is 268 g/mol. The SMILES string of the molecule is C#CC[C@@H](NC(=O)Cc1ccc(F)cc1F)C(=O)OC. The lowest BCUT2D eigenvalue weighted by molar-refractivity contribution is -0.144. The van der Waals surface area contributed by atoms with E-state index in [1.807, 2.05) is 0 Å². The average molecular weight is 281 g/mol. The Morgan fingerprint density at radius 3 is 2.70 bits per heavy atom. The van der Waals surface area contributed by atoms with Crippen molar-refractivity contribution >= 4 is 11.9 Å². The second-order valence-electron chi connectivity index (χ2n) is 3.96. The summed E-state index contributed by atoms with van der Waals surface area (Å²) in [5.74, 6) is -0.620. The molecular formula is C14H13F2NO3. The van der Waals surface area contributed by atoms with E-state index in [0.717, 1.165) is 13.2 Å². The van der Waals surface area contributed by atoms with E-state index >= 15 is 0 Å². The largest absolute Gasteiger partial charge is 0.467 e. The highest BCUT2D eigenvalue weighted by atomic mass is 19.1. The van der Waals surface area contributed by atoms with E-state index in [4.69, 9.17) is 6.42 Å². The summed E-state index contributed by atoms with van der Waals surface area (Å²) < 4.78 is 30.6. The molecule has 0 saturated carbocycles. The quantitative estimate of drug-likeness (QED) is 0.651. The van der Waals surface area contributed by atoms with Crippen molar-refractivity contribution in [1.82, 2.24) is 5.32 Å².